The lowest BCUT2D eigenvalue weighted by Gasteiger charge is -2.24. The highest BCUT2D eigenvalue weighted by molar-refractivity contribution is 6.66. The number of hydrogen-bond acceptors (Lipinski definition) is 4. The Labute approximate surface area is 172 Å². The molecule has 3 rings (SSSR count). The minimum atomic E-state index is -1.43. The molecule has 1 unspecified atom stereocenters. The molecular formula is C18H17Cl4N3O. The molecule has 0 amide bonds. The third kappa shape index (κ3) is 5.18. The first-order chi connectivity index (χ1) is 12.4. The van der Waals surface area contributed by atoms with E-state index in [1.165, 1.54) is 0 Å². The van der Waals surface area contributed by atoms with E-state index in [-0.39, 0.29) is 6.10 Å². The average molecular weight is 433 g/mol. The maximum Gasteiger partial charge on any atom is 0.216 e. The Morgan fingerprint density at radius 3 is 2.46 bits per heavy atom. The van der Waals surface area contributed by atoms with E-state index in [1.54, 1.807) is 18.5 Å². The van der Waals surface area contributed by atoms with Gasteiger partial charge >= 0.3 is 0 Å². The lowest BCUT2D eigenvalue weighted by Crippen LogP contribution is -2.27. The minimum absolute atomic E-state index is 0.228. The quantitative estimate of drug-likeness (QED) is 0.634. The predicted molar refractivity (Wildman–Crippen MR) is 108 cm³/mol. The monoisotopic (exact) mass is 431 g/mol. The topological polar surface area (TPSA) is 36.9 Å². The Kier molecular flexibility index (Phi) is 6.54. The number of rotatable bonds is 6. The number of nitrogens with one attached hydrogen (secondary N) is 1. The van der Waals surface area contributed by atoms with Crippen molar-refractivity contribution in [3.63, 3.8) is 0 Å². The number of ether oxygens (including phenoxy) is 1. The molecule has 2 aromatic rings. The molecule has 1 atom stereocenters. The van der Waals surface area contributed by atoms with Crippen molar-refractivity contribution in [3.05, 3.63) is 70.2 Å². The second kappa shape index (κ2) is 8.68. The largest absolute Gasteiger partial charge is 0.367 e. The lowest BCUT2D eigenvalue weighted by atomic mass is 10.1. The summed E-state index contributed by atoms with van der Waals surface area (Å²) in [4.78, 5) is 0. The molecule has 0 bridgehead atoms. The van der Waals surface area contributed by atoms with Crippen molar-refractivity contribution in [2.75, 3.05) is 13.2 Å². The highest BCUT2D eigenvalue weighted by Gasteiger charge is 2.23. The fourth-order valence-electron chi connectivity index (χ4n) is 2.58. The van der Waals surface area contributed by atoms with Crippen LogP contribution in [0.4, 0.5) is 0 Å². The van der Waals surface area contributed by atoms with Gasteiger partial charge in [-0.2, -0.15) is 5.10 Å². The van der Waals surface area contributed by atoms with Gasteiger partial charge in [-0.05, 0) is 11.6 Å². The van der Waals surface area contributed by atoms with Gasteiger partial charge in [-0.25, -0.2) is 0 Å². The first-order valence-electron chi connectivity index (χ1n) is 7.96. The van der Waals surface area contributed by atoms with Crippen molar-refractivity contribution in [1.82, 2.24) is 10.3 Å². The summed E-state index contributed by atoms with van der Waals surface area (Å²) in [6, 6.07) is 15.0. The van der Waals surface area contributed by atoms with Crippen molar-refractivity contribution in [2.45, 2.75) is 16.5 Å². The third-order valence-electron chi connectivity index (χ3n) is 3.95. The Bertz CT molecular complexity index is 762. The van der Waals surface area contributed by atoms with E-state index in [1.807, 2.05) is 41.4 Å². The molecule has 0 spiro atoms. The van der Waals surface area contributed by atoms with E-state index < -0.39 is 3.79 Å². The minimum Gasteiger partial charge on any atom is -0.367 e. The van der Waals surface area contributed by atoms with E-state index >= 15 is 0 Å². The summed E-state index contributed by atoms with van der Waals surface area (Å²) >= 11 is 24.0. The van der Waals surface area contributed by atoms with E-state index in [9.17, 15) is 0 Å². The fourth-order valence-corrected chi connectivity index (χ4v) is 3.21. The van der Waals surface area contributed by atoms with E-state index in [0.717, 1.165) is 11.1 Å². The van der Waals surface area contributed by atoms with Gasteiger partial charge in [0.25, 0.3) is 0 Å². The van der Waals surface area contributed by atoms with Gasteiger partial charge in [0.2, 0.25) is 3.79 Å². The molecule has 1 heterocycles. The van der Waals surface area contributed by atoms with Gasteiger partial charge in [0.1, 0.15) is 19.1 Å². The Morgan fingerprint density at radius 2 is 1.85 bits per heavy atom. The molecule has 2 aromatic carbocycles. The SMILES string of the molecule is Clc1ccccc1C(CN1CNC=N1)OCc1ccc(C(Cl)(Cl)Cl)cc1. The van der Waals surface area contributed by atoms with Gasteiger partial charge in [-0.15, -0.1) is 0 Å². The van der Waals surface area contributed by atoms with Gasteiger partial charge in [0, 0.05) is 16.1 Å². The fraction of sp³-hybridized carbons (Fsp3) is 0.278. The normalized spacial score (nSPS) is 15.2. The molecule has 0 aliphatic carbocycles. The van der Waals surface area contributed by atoms with Gasteiger partial charge in [-0.1, -0.05) is 88.9 Å². The zero-order valence-electron chi connectivity index (χ0n) is 13.7. The van der Waals surface area contributed by atoms with Crippen LogP contribution in [0.15, 0.2) is 53.6 Å². The van der Waals surface area contributed by atoms with Crippen molar-refractivity contribution in [1.29, 1.82) is 0 Å². The van der Waals surface area contributed by atoms with E-state index in [4.69, 9.17) is 51.1 Å². The Morgan fingerprint density at radius 1 is 1.12 bits per heavy atom. The molecule has 8 heteroatoms. The van der Waals surface area contributed by atoms with Crippen molar-refractivity contribution < 1.29 is 4.74 Å². The van der Waals surface area contributed by atoms with Crippen molar-refractivity contribution in [3.8, 4) is 0 Å². The molecule has 26 heavy (non-hydrogen) atoms. The standard InChI is InChI=1S/C18H17Cl4N3O/c19-16-4-2-1-3-15(16)17(9-25-12-23-11-24-25)26-10-13-5-7-14(8-6-13)18(20,21)22/h1-8,11,17H,9-10,12H2,(H,23,24). The maximum atomic E-state index is 6.36. The second-order valence-corrected chi connectivity index (χ2v) is 8.50. The van der Waals surface area contributed by atoms with Crippen LogP contribution in [-0.4, -0.2) is 24.6 Å². The number of hydrazone groups is 1. The second-order valence-electron chi connectivity index (χ2n) is 5.81. The number of halogens is 4. The molecule has 138 valence electrons. The number of hydrogen-bond donors (Lipinski definition) is 1. The molecule has 0 fully saturated rings. The number of benzene rings is 2. The Balaban J connectivity index is 1.71. The maximum absolute atomic E-state index is 6.36. The van der Waals surface area contributed by atoms with Crippen LogP contribution in [0, 0.1) is 0 Å². The summed E-state index contributed by atoms with van der Waals surface area (Å²) < 4.78 is 4.73. The van der Waals surface area contributed by atoms with Crippen LogP contribution >= 0.6 is 46.4 Å². The van der Waals surface area contributed by atoms with Gasteiger partial charge in [-0.3, -0.25) is 5.01 Å². The van der Waals surface area contributed by atoms with E-state index in [0.29, 0.717) is 30.4 Å². The van der Waals surface area contributed by atoms with Crippen LogP contribution in [0.25, 0.3) is 0 Å². The first-order valence-corrected chi connectivity index (χ1v) is 9.47. The molecular weight excluding hydrogens is 416 g/mol. The first kappa shape index (κ1) is 19.6. The molecule has 1 aliphatic rings. The smallest absolute Gasteiger partial charge is 0.216 e. The summed E-state index contributed by atoms with van der Waals surface area (Å²) in [5.74, 6) is 0. The highest BCUT2D eigenvalue weighted by Crippen LogP contribution is 2.38. The van der Waals surface area contributed by atoms with Crippen LogP contribution in [0.1, 0.15) is 22.8 Å². The van der Waals surface area contributed by atoms with Crippen LogP contribution in [0.3, 0.4) is 0 Å². The lowest BCUT2D eigenvalue weighted by molar-refractivity contribution is 0.0157. The molecule has 1 N–H and O–H groups in total. The van der Waals surface area contributed by atoms with Gasteiger partial charge in [0.15, 0.2) is 0 Å². The number of nitrogens with zero attached hydrogens (tertiary/aromatic N) is 2. The van der Waals surface area contributed by atoms with Crippen LogP contribution in [-0.2, 0) is 15.1 Å². The van der Waals surface area contributed by atoms with E-state index in [2.05, 4.69) is 10.4 Å². The summed E-state index contributed by atoms with van der Waals surface area (Å²) in [7, 11) is 0. The molecule has 0 saturated carbocycles. The molecule has 1 aliphatic heterocycles. The van der Waals surface area contributed by atoms with Gasteiger partial charge in [0.05, 0.1) is 13.2 Å². The molecule has 0 saturated heterocycles. The number of alkyl halides is 3. The average Bonchev–Trinajstić information content (AvgIpc) is 3.12. The Hall–Kier alpha value is -1.17. The van der Waals surface area contributed by atoms with Crippen LogP contribution in [0.2, 0.25) is 5.02 Å². The van der Waals surface area contributed by atoms with Gasteiger partial charge < -0.3 is 10.1 Å². The summed E-state index contributed by atoms with van der Waals surface area (Å²) in [5, 5.41) is 9.86. The van der Waals surface area contributed by atoms with Crippen LogP contribution < -0.4 is 5.32 Å². The molecule has 0 aromatic heterocycles. The summed E-state index contributed by atoms with van der Waals surface area (Å²) in [5.41, 5.74) is 2.52. The van der Waals surface area contributed by atoms with Crippen molar-refractivity contribution in [2.24, 2.45) is 5.10 Å². The van der Waals surface area contributed by atoms with Crippen LogP contribution in [0.5, 0.6) is 0 Å². The highest BCUT2D eigenvalue weighted by atomic mass is 35.6. The summed E-state index contributed by atoms with van der Waals surface area (Å²) in [6.45, 7) is 1.63. The third-order valence-corrected chi connectivity index (χ3v) is 4.95. The zero-order chi connectivity index (χ0) is 18.6. The zero-order valence-corrected chi connectivity index (χ0v) is 16.7. The molecule has 0 radical (unpaired) electrons. The molecule has 4 nitrogen and oxygen atoms in total. The predicted octanol–water partition coefficient (Wildman–Crippen LogP) is 5.23. The van der Waals surface area contributed by atoms with Crippen molar-refractivity contribution >= 4 is 52.7 Å². The summed E-state index contributed by atoms with van der Waals surface area (Å²) in [6.07, 6.45) is 1.44.